The molecule has 2 amide bonds. The fourth-order valence-corrected chi connectivity index (χ4v) is 3.53. The minimum Gasteiger partial charge on any atom is -0.334 e. The molecule has 7 nitrogen and oxygen atoms in total. The second-order valence-electron chi connectivity index (χ2n) is 6.92. The Morgan fingerprint density at radius 1 is 1.11 bits per heavy atom. The molecule has 28 heavy (non-hydrogen) atoms. The smallest absolute Gasteiger partial charge is 0.254 e. The second-order valence-corrected chi connectivity index (χ2v) is 8.75. The summed E-state index contributed by atoms with van der Waals surface area (Å²) in [6, 6.07) is 13.2. The number of amides is 2. The van der Waals surface area contributed by atoms with Crippen LogP contribution in [0.3, 0.4) is 0 Å². The van der Waals surface area contributed by atoms with Crippen LogP contribution in [-0.4, -0.2) is 44.5 Å². The van der Waals surface area contributed by atoms with Crippen LogP contribution in [0.4, 0.5) is 5.69 Å². The fraction of sp³-hybridized carbons (Fsp3) is 0.300. The van der Waals surface area contributed by atoms with E-state index in [0.29, 0.717) is 24.3 Å². The first kappa shape index (κ1) is 20.0. The summed E-state index contributed by atoms with van der Waals surface area (Å²) in [7, 11) is -3.45. The number of rotatable bonds is 5. The van der Waals surface area contributed by atoms with Gasteiger partial charge < -0.3 is 10.2 Å². The van der Waals surface area contributed by atoms with E-state index in [-0.39, 0.29) is 12.5 Å². The number of hydrogen-bond acceptors (Lipinski definition) is 4. The van der Waals surface area contributed by atoms with Gasteiger partial charge in [0.05, 0.1) is 12.8 Å². The molecule has 0 atom stereocenters. The summed E-state index contributed by atoms with van der Waals surface area (Å²) in [6.45, 7) is 2.65. The number of anilines is 1. The molecule has 2 N–H and O–H groups in total. The Morgan fingerprint density at radius 2 is 1.82 bits per heavy atom. The number of carbonyl (C=O) groups is 2. The van der Waals surface area contributed by atoms with Crippen molar-refractivity contribution in [2.45, 2.75) is 19.9 Å². The fourth-order valence-electron chi connectivity index (χ4n) is 3.13. The first-order chi connectivity index (χ1) is 13.2. The molecule has 1 heterocycles. The molecular formula is C20H23N3O4S. The monoisotopic (exact) mass is 401 g/mol. The summed E-state index contributed by atoms with van der Waals surface area (Å²) in [4.78, 5) is 26.7. The van der Waals surface area contributed by atoms with Gasteiger partial charge in [-0.25, -0.2) is 13.1 Å². The van der Waals surface area contributed by atoms with E-state index >= 15 is 0 Å². The lowest BCUT2D eigenvalue weighted by atomic mass is 9.99. The van der Waals surface area contributed by atoms with Gasteiger partial charge in [0, 0.05) is 24.3 Å². The minimum absolute atomic E-state index is 0.0979. The van der Waals surface area contributed by atoms with Crippen LogP contribution in [0.5, 0.6) is 0 Å². The highest BCUT2D eigenvalue weighted by Crippen LogP contribution is 2.22. The molecule has 0 saturated carbocycles. The molecule has 1 aliphatic rings. The zero-order chi connectivity index (χ0) is 20.3. The largest absolute Gasteiger partial charge is 0.334 e. The Morgan fingerprint density at radius 3 is 2.54 bits per heavy atom. The average Bonchev–Trinajstić information content (AvgIpc) is 2.66. The van der Waals surface area contributed by atoms with Crippen molar-refractivity contribution in [3.63, 3.8) is 0 Å². The highest BCUT2D eigenvalue weighted by molar-refractivity contribution is 7.88. The van der Waals surface area contributed by atoms with Crippen LogP contribution < -0.4 is 10.0 Å². The number of sulfonamides is 1. The number of nitrogens with one attached hydrogen (secondary N) is 2. The lowest BCUT2D eigenvalue weighted by Crippen LogP contribution is -2.36. The lowest BCUT2D eigenvalue weighted by molar-refractivity contribution is -0.115. The standard InChI is InChI=1S/C20H23N3O4S/c1-14-7-8-16(11-18(14)22-19(24)12-21-28(2,26)27)20(25)23-10-9-15-5-3-4-6-17(15)13-23/h3-8,11,21H,9-10,12-13H2,1-2H3,(H,22,24). The Kier molecular flexibility index (Phi) is 5.81. The molecule has 2 aromatic carbocycles. The van der Waals surface area contributed by atoms with Gasteiger partial charge in [-0.3, -0.25) is 9.59 Å². The molecular weight excluding hydrogens is 378 g/mol. The maximum absolute atomic E-state index is 12.9. The van der Waals surface area contributed by atoms with Crippen LogP contribution in [-0.2, 0) is 27.8 Å². The van der Waals surface area contributed by atoms with E-state index in [1.165, 1.54) is 5.56 Å². The van der Waals surface area contributed by atoms with Crippen molar-refractivity contribution in [3.05, 3.63) is 64.7 Å². The Hall–Kier alpha value is -2.71. The van der Waals surface area contributed by atoms with Gasteiger partial charge in [0.15, 0.2) is 0 Å². The van der Waals surface area contributed by atoms with Gasteiger partial charge in [0.2, 0.25) is 15.9 Å². The van der Waals surface area contributed by atoms with Crippen LogP contribution in [0.2, 0.25) is 0 Å². The summed E-state index contributed by atoms with van der Waals surface area (Å²) in [6.07, 6.45) is 1.80. The average molecular weight is 401 g/mol. The number of fused-ring (bicyclic) bond motifs is 1. The number of hydrogen-bond donors (Lipinski definition) is 2. The van der Waals surface area contributed by atoms with Crippen LogP contribution >= 0.6 is 0 Å². The third-order valence-electron chi connectivity index (χ3n) is 4.67. The third kappa shape index (κ3) is 4.96. The molecule has 0 bridgehead atoms. The first-order valence-corrected chi connectivity index (χ1v) is 10.8. The normalized spacial score (nSPS) is 13.7. The number of carbonyl (C=O) groups excluding carboxylic acids is 2. The van der Waals surface area contributed by atoms with Crippen LogP contribution in [0.1, 0.15) is 27.0 Å². The maximum Gasteiger partial charge on any atom is 0.254 e. The van der Waals surface area contributed by atoms with Gasteiger partial charge >= 0.3 is 0 Å². The molecule has 1 aliphatic heterocycles. The van der Waals surface area contributed by atoms with Crippen LogP contribution in [0.15, 0.2) is 42.5 Å². The molecule has 0 radical (unpaired) electrons. The van der Waals surface area contributed by atoms with Gasteiger partial charge in [0.25, 0.3) is 5.91 Å². The minimum atomic E-state index is -3.45. The molecule has 8 heteroatoms. The first-order valence-electron chi connectivity index (χ1n) is 8.94. The van der Waals surface area contributed by atoms with E-state index in [1.807, 2.05) is 25.1 Å². The predicted octanol–water partition coefficient (Wildman–Crippen LogP) is 1.68. The maximum atomic E-state index is 12.9. The summed E-state index contributed by atoms with van der Waals surface area (Å²) in [5.74, 6) is -0.593. The van der Waals surface area contributed by atoms with Gasteiger partial charge in [-0.15, -0.1) is 0 Å². The summed E-state index contributed by atoms with van der Waals surface area (Å²) in [5.41, 5.74) is 4.17. The third-order valence-corrected chi connectivity index (χ3v) is 5.34. The van der Waals surface area contributed by atoms with Crippen molar-refractivity contribution < 1.29 is 18.0 Å². The lowest BCUT2D eigenvalue weighted by Gasteiger charge is -2.29. The highest BCUT2D eigenvalue weighted by atomic mass is 32.2. The van der Waals surface area contributed by atoms with Crippen molar-refractivity contribution in [2.75, 3.05) is 24.7 Å². The Balaban J connectivity index is 1.72. The van der Waals surface area contributed by atoms with Gasteiger partial charge in [-0.1, -0.05) is 30.3 Å². The Bertz CT molecular complexity index is 1020. The molecule has 0 aromatic heterocycles. The van der Waals surface area contributed by atoms with Gasteiger partial charge in [0.1, 0.15) is 0 Å². The predicted molar refractivity (Wildman–Crippen MR) is 108 cm³/mol. The summed E-state index contributed by atoms with van der Waals surface area (Å²) >= 11 is 0. The van der Waals surface area contributed by atoms with Crippen molar-refractivity contribution in [3.8, 4) is 0 Å². The molecule has 0 spiro atoms. The summed E-state index contributed by atoms with van der Waals surface area (Å²) in [5, 5.41) is 2.66. The molecule has 0 fully saturated rings. The number of aryl methyl sites for hydroxylation is 1. The number of benzene rings is 2. The van der Waals surface area contributed by atoms with Gasteiger partial charge in [-0.2, -0.15) is 0 Å². The molecule has 3 rings (SSSR count). The van der Waals surface area contributed by atoms with Gasteiger partial charge in [-0.05, 0) is 42.2 Å². The molecule has 0 unspecified atom stereocenters. The SMILES string of the molecule is Cc1ccc(C(=O)N2CCc3ccccc3C2)cc1NC(=O)CNS(C)(=O)=O. The second kappa shape index (κ2) is 8.12. The van der Waals surface area contributed by atoms with Crippen LogP contribution in [0.25, 0.3) is 0 Å². The Labute approximate surface area is 164 Å². The van der Waals surface area contributed by atoms with Crippen molar-refractivity contribution in [1.82, 2.24) is 9.62 Å². The van der Waals surface area contributed by atoms with E-state index in [9.17, 15) is 18.0 Å². The molecule has 2 aromatic rings. The number of nitrogens with zero attached hydrogens (tertiary/aromatic N) is 1. The van der Waals surface area contributed by atoms with Crippen molar-refractivity contribution >= 4 is 27.5 Å². The topological polar surface area (TPSA) is 95.6 Å². The van der Waals surface area contributed by atoms with E-state index in [0.717, 1.165) is 23.8 Å². The quantitative estimate of drug-likeness (QED) is 0.797. The molecule has 0 aliphatic carbocycles. The van der Waals surface area contributed by atoms with E-state index in [4.69, 9.17) is 0 Å². The van der Waals surface area contributed by atoms with Crippen molar-refractivity contribution in [2.24, 2.45) is 0 Å². The van der Waals surface area contributed by atoms with Crippen molar-refractivity contribution in [1.29, 1.82) is 0 Å². The summed E-state index contributed by atoms with van der Waals surface area (Å²) < 4.78 is 24.4. The van der Waals surface area contributed by atoms with E-state index in [2.05, 4.69) is 16.1 Å². The molecule has 148 valence electrons. The van der Waals surface area contributed by atoms with E-state index < -0.39 is 15.9 Å². The zero-order valence-electron chi connectivity index (χ0n) is 15.9. The van der Waals surface area contributed by atoms with Crippen LogP contribution in [0, 0.1) is 6.92 Å². The highest BCUT2D eigenvalue weighted by Gasteiger charge is 2.22. The zero-order valence-corrected chi connectivity index (χ0v) is 16.7. The van der Waals surface area contributed by atoms with E-state index in [1.54, 1.807) is 23.1 Å². The molecule has 0 saturated heterocycles.